The van der Waals surface area contributed by atoms with Crippen LogP contribution in [0.2, 0.25) is 5.02 Å². The standard InChI is InChI=1S/C15H18ClN3O/c16-13-6-2-1-5-12(13)9-15-18-14(19-20-15)8-11-4-3-7-17-10-11/h1-2,5-6,11,17H,3-4,7-10H2. The summed E-state index contributed by atoms with van der Waals surface area (Å²) in [4.78, 5) is 4.48. The average molecular weight is 292 g/mol. The molecule has 1 atom stereocenters. The van der Waals surface area contributed by atoms with Gasteiger partial charge in [0.15, 0.2) is 5.82 Å². The van der Waals surface area contributed by atoms with E-state index in [2.05, 4.69) is 15.5 Å². The van der Waals surface area contributed by atoms with Gasteiger partial charge in [-0.2, -0.15) is 4.98 Å². The lowest BCUT2D eigenvalue weighted by molar-refractivity contribution is 0.351. The number of nitrogens with one attached hydrogen (secondary N) is 1. The van der Waals surface area contributed by atoms with Crippen molar-refractivity contribution >= 4 is 11.6 Å². The molecule has 0 spiro atoms. The minimum Gasteiger partial charge on any atom is -0.339 e. The highest BCUT2D eigenvalue weighted by atomic mass is 35.5. The number of rotatable bonds is 4. The number of halogens is 1. The Balaban J connectivity index is 1.63. The van der Waals surface area contributed by atoms with E-state index in [1.807, 2.05) is 24.3 Å². The minimum atomic E-state index is 0.593. The van der Waals surface area contributed by atoms with Gasteiger partial charge in [0, 0.05) is 11.4 Å². The van der Waals surface area contributed by atoms with Crippen LogP contribution in [0.1, 0.15) is 30.1 Å². The molecule has 1 aromatic heterocycles. The van der Waals surface area contributed by atoms with Crippen LogP contribution in [-0.4, -0.2) is 23.2 Å². The van der Waals surface area contributed by atoms with Crippen LogP contribution in [0.25, 0.3) is 0 Å². The van der Waals surface area contributed by atoms with Crippen molar-refractivity contribution in [1.29, 1.82) is 0 Å². The van der Waals surface area contributed by atoms with Crippen molar-refractivity contribution in [3.63, 3.8) is 0 Å². The number of benzene rings is 1. The summed E-state index contributed by atoms with van der Waals surface area (Å²) in [5.74, 6) is 2.06. The SMILES string of the molecule is Clc1ccccc1Cc1nc(CC2CCCNC2)no1. The molecule has 5 heteroatoms. The Morgan fingerprint density at radius 1 is 1.35 bits per heavy atom. The van der Waals surface area contributed by atoms with Gasteiger partial charge in [-0.05, 0) is 43.5 Å². The van der Waals surface area contributed by atoms with Crippen LogP contribution in [0, 0.1) is 5.92 Å². The quantitative estimate of drug-likeness (QED) is 0.941. The fourth-order valence-corrected chi connectivity index (χ4v) is 2.81. The molecule has 3 rings (SSSR count). The summed E-state index contributed by atoms with van der Waals surface area (Å²) in [6, 6.07) is 7.74. The molecule has 4 nitrogen and oxygen atoms in total. The Bertz CT molecular complexity index is 564. The van der Waals surface area contributed by atoms with Gasteiger partial charge in [-0.1, -0.05) is 35.0 Å². The zero-order valence-corrected chi connectivity index (χ0v) is 12.1. The molecule has 1 saturated heterocycles. The van der Waals surface area contributed by atoms with Crippen LogP contribution in [0.5, 0.6) is 0 Å². The van der Waals surface area contributed by atoms with Gasteiger partial charge in [0.1, 0.15) is 0 Å². The van der Waals surface area contributed by atoms with Crippen LogP contribution < -0.4 is 5.32 Å². The molecule has 1 aromatic carbocycles. The second-order valence-electron chi connectivity index (χ2n) is 5.29. The number of hydrogen-bond acceptors (Lipinski definition) is 4. The summed E-state index contributed by atoms with van der Waals surface area (Å²) in [6.07, 6.45) is 3.95. The summed E-state index contributed by atoms with van der Waals surface area (Å²) >= 11 is 6.14. The monoisotopic (exact) mass is 291 g/mol. The Labute approximate surface area is 123 Å². The van der Waals surface area contributed by atoms with Crippen molar-refractivity contribution < 1.29 is 4.52 Å². The fraction of sp³-hybridized carbons (Fsp3) is 0.467. The molecule has 2 heterocycles. The van der Waals surface area contributed by atoms with E-state index in [1.54, 1.807) is 0 Å². The highest BCUT2D eigenvalue weighted by Crippen LogP contribution is 2.19. The van der Waals surface area contributed by atoms with E-state index in [-0.39, 0.29) is 0 Å². The van der Waals surface area contributed by atoms with E-state index in [0.29, 0.717) is 18.2 Å². The van der Waals surface area contributed by atoms with Gasteiger partial charge in [-0.3, -0.25) is 0 Å². The maximum absolute atomic E-state index is 6.14. The van der Waals surface area contributed by atoms with Crippen molar-refractivity contribution in [2.75, 3.05) is 13.1 Å². The van der Waals surface area contributed by atoms with Crippen LogP contribution in [0.15, 0.2) is 28.8 Å². The summed E-state index contributed by atoms with van der Waals surface area (Å²) in [6.45, 7) is 2.18. The lowest BCUT2D eigenvalue weighted by atomic mass is 9.96. The van der Waals surface area contributed by atoms with Gasteiger partial charge in [0.2, 0.25) is 5.89 Å². The minimum absolute atomic E-state index is 0.593. The maximum atomic E-state index is 6.14. The third kappa shape index (κ3) is 3.38. The molecule has 0 bridgehead atoms. The third-order valence-corrected chi connectivity index (χ3v) is 4.05. The van der Waals surface area contributed by atoms with Crippen LogP contribution in [0.4, 0.5) is 0 Å². The van der Waals surface area contributed by atoms with Gasteiger partial charge in [0.25, 0.3) is 0 Å². The maximum Gasteiger partial charge on any atom is 0.231 e. The average Bonchev–Trinajstić information content (AvgIpc) is 2.90. The molecule has 0 radical (unpaired) electrons. The van der Waals surface area contributed by atoms with E-state index >= 15 is 0 Å². The van der Waals surface area contributed by atoms with E-state index < -0.39 is 0 Å². The van der Waals surface area contributed by atoms with Crippen molar-refractivity contribution in [2.24, 2.45) is 5.92 Å². The molecular weight excluding hydrogens is 274 g/mol. The summed E-state index contributed by atoms with van der Waals surface area (Å²) in [5, 5.41) is 8.22. The molecule has 1 unspecified atom stereocenters. The first-order chi connectivity index (χ1) is 9.81. The lowest BCUT2D eigenvalue weighted by Crippen LogP contribution is -2.31. The van der Waals surface area contributed by atoms with E-state index in [0.717, 1.165) is 35.9 Å². The molecule has 0 aliphatic carbocycles. The summed E-state index contributed by atoms with van der Waals surface area (Å²) in [7, 11) is 0. The highest BCUT2D eigenvalue weighted by molar-refractivity contribution is 6.31. The van der Waals surface area contributed by atoms with Gasteiger partial charge >= 0.3 is 0 Å². The first kappa shape index (κ1) is 13.6. The first-order valence-electron chi connectivity index (χ1n) is 7.07. The van der Waals surface area contributed by atoms with Crippen molar-refractivity contribution in [3.05, 3.63) is 46.6 Å². The first-order valence-corrected chi connectivity index (χ1v) is 7.44. The van der Waals surface area contributed by atoms with Crippen molar-refractivity contribution in [1.82, 2.24) is 15.5 Å². The summed E-state index contributed by atoms with van der Waals surface area (Å²) in [5.41, 5.74) is 1.02. The zero-order chi connectivity index (χ0) is 13.8. The third-order valence-electron chi connectivity index (χ3n) is 3.68. The molecule has 1 N–H and O–H groups in total. The predicted molar refractivity (Wildman–Crippen MR) is 77.9 cm³/mol. The van der Waals surface area contributed by atoms with Crippen LogP contribution in [-0.2, 0) is 12.8 Å². The molecule has 106 valence electrons. The highest BCUT2D eigenvalue weighted by Gasteiger charge is 2.17. The second-order valence-corrected chi connectivity index (χ2v) is 5.70. The molecule has 1 fully saturated rings. The number of piperidine rings is 1. The van der Waals surface area contributed by atoms with Gasteiger partial charge < -0.3 is 9.84 Å². The van der Waals surface area contributed by atoms with Crippen molar-refractivity contribution in [2.45, 2.75) is 25.7 Å². The molecule has 20 heavy (non-hydrogen) atoms. The largest absolute Gasteiger partial charge is 0.339 e. The molecular formula is C15H18ClN3O. The Hall–Kier alpha value is -1.39. The Morgan fingerprint density at radius 3 is 3.05 bits per heavy atom. The number of aromatic nitrogens is 2. The zero-order valence-electron chi connectivity index (χ0n) is 11.3. The normalized spacial score (nSPS) is 19.1. The molecule has 0 amide bonds. The summed E-state index contributed by atoms with van der Waals surface area (Å²) < 4.78 is 5.32. The Kier molecular flexibility index (Phi) is 4.33. The van der Waals surface area contributed by atoms with E-state index in [9.17, 15) is 0 Å². The van der Waals surface area contributed by atoms with E-state index in [4.69, 9.17) is 16.1 Å². The number of hydrogen-bond donors (Lipinski definition) is 1. The number of nitrogens with zero attached hydrogens (tertiary/aromatic N) is 2. The molecule has 0 saturated carbocycles. The molecule has 1 aliphatic heterocycles. The fourth-order valence-electron chi connectivity index (χ4n) is 2.61. The lowest BCUT2D eigenvalue weighted by Gasteiger charge is -2.20. The van der Waals surface area contributed by atoms with Gasteiger partial charge in [-0.15, -0.1) is 0 Å². The smallest absolute Gasteiger partial charge is 0.231 e. The second kappa shape index (κ2) is 6.37. The predicted octanol–water partition coefficient (Wildman–Crippen LogP) is 2.86. The topological polar surface area (TPSA) is 51.0 Å². The van der Waals surface area contributed by atoms with Crippen molar-refractivity contribution in [3.8, 4) is 0 Å². The molecule has 1 aliphatic rings. The van der Waals surface area contributed by atoms with Crippen LogP contribution >= 0.6 is 11.6 Å². The Morgan fingerprint density at radius 2 is 2.25 bits per heavy atom. The van der Waals surface area contributed by atoms with Gasteiger partial charge in [0.05, 0.1) is 6.42 Å². The molecule has 2 aromatic rings. The van der Waals surface area contributed by atoms with E-state index in [1.165, 1.54) is 12.8 Å². The van der Waals surface area contributed by atoms with Gasteiger partial charge in [-0.25, -0.2) is 0 Å². The van der Waals surface area contributed by atoms with Crippen LogP contribution in [0.3, 0.4) is 0 Å².